The molecule has 2 N–H and O–H groups in total. The number of aliphatic imine (C=N–C) groups is 2. The van der Waals surface area contributed by atoms with Gasteiger partial charge in [-0.15, -0.1) is 23.5 Å². The zero-order chi connectivity index (χ0) is 23.9. The molecule has 0 unspecified atom stereocenters. The summed E-state index contributed by atoms with van der Waals surface area (Å²) in [5, 5.41) is 20.0. The zero-order valence-electron chi connectivity index (χ0n) is 18.8. The fourth-order valence-corrected chi connectivity index (χ4v) is 4.55. The maximum absolute atomic E-state index is 9.98. The van der Waals surface area contributed by atoms with E-state index >= 15 is 0 Å². The molecule has 0 aliphatic rings. The molecular formula is C28H24N2O2S2. The lowest BCUT2D eigenvalue weighted by Gasteiger charge is -2.10. The van der Waals surface area contributed by atoms with Gasteiger partial charge in [0.15, 0.2) is 0 Å². The van der Waals surface area contributed by atoms with Gasteiger partial charge in [0.25, 0.3) is 0 Å². The minimum absolute atomic E-state index is 0.211. The Morgan fingerprint density at radius 2 is 1.00 bits per heavy atom. The van der Waals surface area contributed by atoms with Crippen molar-refractivity contribution < 1.29 is 10.2 Å². The van der Waals surface area contributed by atoms with E-state index in [1.807, 2.05) is 48.9 Å². The van der Waals surface area contributed by atoms with Crippen LogP contribution >= 0.6 is 23.5 Å². The van der Waals surface area contributed by atoms with Crippen LogP contribution in [0.2, 0.25) is 0 Å². The summed E-state index contributed by atoms with van der Waals surface area (Å²) in [6.07, 6.45) is 7.44. The molecule has 0 saturated heterocycles. The molecule has 0 spiro atoms. The van der Waals surface area contributed by atoms with Crippen molar-refractivity contribution in [2.45, 2.75) is 9.79 Å². The highest BCUT2D eigenvalue weighted by molar-refractivity contribution is 7.99. The molecule has 170 valence electrons. The van der Waals surface area contributed by atoms with Gasteiger partial charge in [0.1, 0.15) is 11.5 Å². The van der Waals surface area contributed by atoms with E-state index < -0.39 is 0 Å². The summed E-state index contributed by atoms with van der Waals surface area (Å²) in [5.41, 5.74) is 5.27. The fraction of sp³-hybridized carbons (Fsp3) is 0.0714. The first-order valence-electron chi connectivity index (χ1n) is 10.6. The second-order valence-electron chi connectivity index (χ2n) is 7.41. The second kappa shape index (κ2) is 11.1. The van der Waals surface area contributed by atoms with Gasteiger partial charge in [0, 0.05) is 33.3 Å². The van der Waals surface area contributed by atoms with Gasteiger partial charge >= 0.3 is 0 Å². The average molecular weight is 485 g/mol. The van der Waals surface area contributed by atoms with Crippen molar-refractivity contribution in [1.82, 2.24) is 0 Å². The highest BCUT2D eigenvalue weighted by atomic mass is 32.2. The van der Waals surface area contributed by atoms with Gasteiger partial charge in [-0.05, 0) is 72.2 Å². The van der Waals surface area contributed by atoms with Gasteiger partial charge < -0.3 is 10.2 Å². The van der Waals surface area contributed by atoms with E-state index in [9.17, 15) is 10.2 Å². The molecule has 0 heterocycles. The van der Waals surface area contributed by atoms with E-state index in [2.05, 4.69) is 34.3 Å². The van der Waals surface area contributed by atoms with Gasteiger partial charge in [-0.25, -0.2) is 0 Å². The van der Waals surface area contributed by atoms with Gasteiger partial charge in [0.05, 0.1) is 11.4 Å². The van der Waals surface area contributed by atoms with Crippen LogP contribution in [0, 0.1) is 0 Å². The summed E-state index contributed by atoms with van der Waals surface area (Å²) in [6, 6.07) is 26.7. The summed E-state index contributed by atoms with van der Waals surface area (Å²) >= 11 is 3.27. The normalized spacial score (nSPS) is 11.5. The summed E-state index contributed by atoms with van der Waals surface area (Å²) in [5.74, 6) is 0.423. The Bertz CT molecular complexity index is 1260. The molecule has 0 radical (unpaired) electrons. The summed E-state index contributed by atoms with van der Waals surface area (Å²) in [7, 11) is 0. The Morgan fingerprint density at radius 3 is 1.38 bits per heavy atom. The number of hydrogen-bond acceptors (Lipinski definition) is 6. The smallest absolute Gasteiger partial charge is 0.124 e. The van der Waals surface area contributed by atoms with Crippen molar-refractivity contribution >= 4 is 47.3 Å². The maximum atomic E-state index is 9.98. The van der Waals surface area contributed by atoms with Crippen LogP contribution in [0.5, 0.6) is 11.5 Å². The maximum Gasteiger partial charge on any atom is 0.124 e. The van der Waals surface area contributed by atoms with Crippen LogP contribution < -0.4 is 0 Å². The molecule has 0 saturated carbocycles. The molecule has 4 aromatic rings. The number of benzene rings is 4. The fourth-order valence-electron chi connectivity index (χ4n) is 3.40. The van der Waals surface area contributed by atoms with Crippen molar-refractivity contribution in [3.8, 4) is 22.6 Å². The van der Waals surface area contributed by atoms with Gasteiger partial charge in [-0.3, -0.25) is 9.98 Å². The van der Waals surface area contributed by atoms with E-state index in [1.54, 1.807) is 60.2 Å². The number of nitrogens with zero attached hydrogens (tertiary/aromatic N) is 2. The Kier molecular flexibility index (Phi) is 7.72. The number of thioether (sulfide) groups is 2. The molecular weight excluding hydrogens is 460 g/mol. The quantitative estimate of drug-likeness (QED) is 0.208. The van der Waals surface area contributed by atoms with E-state index in [0.29, 0.717) is 11.1 Å². The van der Waals surface area contributed by atoms with Crippen molar-refractivity contribution in [3.63, 3.8) is 0 Å². The third-order valence-electron chi connectivity index (χ3n) is 5.25. The molecule has 0 fully saturated rings. The second-order valence-corrected chi connectivity index (χ2v) is 9.10. The van der Waals surface area contributed by atoms with E-state index in [1.165, 1.54) is 0 Å². The van der Waals surface area contributed by atoms with Crippen molar-refractivity contribution in [2.75, 3.05) is 12.5 Å². The van der Waals surface area contributed by atoms with Crippen molar-refractivity contribution in [3.05, 3.63) is 96.1 Å². The first-order valence-corrected chi connectivity index (χ1v) is 13.0. The first kappa shape index (κ1) is 23.7. The van der Waals surface area contributed by atoms with E-state index in [4.69, 9.17) is 0 Å². The molecule has 0 atom stereocenters. The summed E-state index contributed by atoms with van der Waals surface area (Å²) in [4.78, 5) is 11.3. The number of rotatable bonds is 7. The molecule has 0 aliphatic heterocycles. The third kappa shape index (κ3) is 5.53. The number of phenolic OH excluding ortho intramolecular Hbond substituents is 2. The van der Waals surface area contributed by atoms with Gasteiger partial charge in [-0.2, -0.15) is 0 Å². The number of aromatic hydroxyl groups is 2. The number of hydrogen-bond donors (Lipinski definition) is 2. The molecule has 4 nitrogen and oxygen atoms in total. The molecule has 4 rings (SSSR count). The van der Waals surface area contributed by atoms with E-state index in [-0.39, 0.29) is 11.5 Å². The SMILES string of the molecule is CSc1cc(-c2ccc(/N=C/c3ccccc3O)c(SC)c2)ccc1/N=C/c1ccccc1O. The van der Waals surface area contributed by atoms with Gasteiger partial charge in [-0.1, -0.05) is 36.4 Å². The standard InChI is InChI=1S/C28H24N2O2S2/c1-33-27-15-19(11-13-23(27)29-17-21-7-3-5-9-25(21)31)20-12-14-24(28(16-20)34-2)30-18-22-8-4-6-10-26(22)32/h3-18,31-32H,1-2H3/b29-17+,30-18+. The monoisotopic (exact) mass is 484 g/mol. The summed E-state index contributed by atoms with van der Waals surface area (Å²) in [6.45, 7) is 0. The van der Waals surface area contributed by atoms with Crippen LogP contribution in [0.4, 0.5) is 11.4 Å². The molecule has 6 heteroatoms. The van der Waals surface area contributed by atoms with Crippen LogP contribution in [0.25, 0.3) is 11.1 Å². The minimum Gasteiger partial charge on any atom is -0.507 e. The van der Waals surface area contributed by atoms with Crippen molar-refractivity contribution in [1.29, 1.82) is 0 Å². The first-order chi connectivity index (χ1) is 16.6. The zero-order valence-corrected chi connectivity index (χ0v) is 20.5. The Hall–Kier alpha value is -3.48. The molecule has 0 amide bonds. The van der Waals surface area contributed by atoms with E-state index in [0.717, 1.165) is 32.3 Å². The van der Waals surface area contributed by atoms with Gasteiger partial charge in [0.2, 0.25) is 0 Å². The highest BCUT2D eigenvalue weighted by Gasteiger charge is 2.08. The summed E-state index contributed by atoms with van der Waals surface area (Å²) < 4.78 is 0. The van der Waals surface area contributed by atoms with Crippen LogP contribution in [-0.4, -0.2) is 35.2 Å². The topological polar surface area (TPSA) is 65.2 Å². The molecule has 0 aliphatic carbocycles. The molecule has 0 bridgehead atoms. The molecule has 4 aromatic carbocycles. The Morgan fingerprint density at radius 1 is 0.588 bits per heavy atom. The Labute approximate surface area is 208 Å². The lowest BCUT2D eigenvalue weighted by atomic mass is 10.0. The van der Waals surface area contributed by atoms with Crippen LogP contribution in [0.1, 0.15) is 11.1 Å². The molecule has 34 heavy (non-hydrogen) atoms. The lowest BCUT2D eigenvalue weighted by Crippen LogP contribution is -1.85. The van der Waals surface area contributed by atoms with Crippen LogP contribution in [-0.2, 0) is 0 Å². The number of para-hydroxylation sites is 2. The third-order valence-corrected chi connectivity index (χ3v) is 6.79. The predicted molar refractivity (Wildman–Crippen MR) is 146 cm³/mol. The van der Waals surface area contributed by atoms with Crippen LogP contribution in [0.3, 0.4) is 0 Å². The average Bonchev–Trinajstić information content (AvgIpc) is 2.87. The predicted octanol–water partition coefficient (Wildman–Crippen LogP) is 7.71. The largest absolute Gasteiger partial charge is 0.507 e. The number of phenols is 2. The molecule has 0 aromatic heterocycles. The lowest BCUT2D eigenvalue weighted by molar-refractivity contribution is 0.474. The highest BCUT2D eigenvalue weighted by Crippen LogP contribution is 2.37. The van der Waals surface area contributed by atoms with Crippen LogP contribution in [0.15, 0.2) is 105 Å². The van der Waals surface area contributed by atoms with Crippen molar-refractivity contribution in [2.24, 2.45) is 9.98 Å². The Balaban J connectivity index is 1.61. The minimum atomic E-state index is 0.211.